The third-order valence-electron chi connectivity index (χ3n) is 1.71. The maximum atomic E-state index is 5.22. The summed E-state index contributed by atoms with van der Waals surface area (Å²) in [5.41, 5.74) is 0. The molecule has 1 aromatic rings. The molecular weight excluding hydrogens is 214 g/mol. The van der Waals surface area contributed by atoms with Gasteiger partial charge in [0.2, 0.25) is 5.89 Å². The number of aryl methyl sites for hydroxylation is 1. The Morgan fingerprint density at radius 1 is 1.40 bits per heavy atom. The van der Waals surface area contributed by atoms with Crippen LogP contribution in [0.4, 0.5) is 0 Å². The summed E-state index contributed by atoms with van der Waals surface area (Å²) in [4.78, 5) is 0. The molecule has 0 aliphatic carbocycles. The monoisotopic (exact) mass is 231 g/mol. The topological polar surface area (TPSA) is 60.2 Å². The zero-order chi connectivity index (χ0) is 10.9. The second-order valence-corrected chi connectivity index (χ2v) is 4.08. The summed E-state index contributed by atoms with van der Waals surface area (Å²) in [6.07, 6.45) is 1.04. The van der Waals surface area contributed by atoms with E-state index in [1.165, 1.54) is 0 Å². The van der Waals surface area contributed by atoms with E-state index in [9.17, 15) is 0 Å². The van der Waals surface area contributed by atoms with Crippen LogP contribution in [0.25, 0.3) is 0 Å². The average Bonchev–Trinajstić information content (AvgIpc) is 2.63. The highest BCUT2D eigenvalue weighted by molar-refractivity contribution is 7.99. The van der Waals surface area contributed by atoms with Crippen molar-refractivity contribution in [2.24, 2.45) is 0 Å². The first-order chi connectivity index (χ1) is 7.33. The molecule has 0 amide bonds. The molecule has 0 saturated heterocycles. The van der Waals surface area contributed by atoms with Crippen LogP contribution in [0.3, 0.4) is 0 Å². The number of hydrogen-bond acceptors (Lipinski definition) is 6. The number of hydrogen-bond donors (Lipinski definition) is 1. The molecule has 5 nitrogen and oxygen atoms in total. The highest BCUT2D eigenvalue weighted by Crippen LogP contribution is 2.14. The molecule has 0 spiro atoms. The van der Waals surface area contributed by atoms with Crippen LogP contribution in [0.2, 0.25) is 0 Å². The van der Waals surface area contributed by atoms with Crippen molar-refractivity contribution in [3.8, 4) is 0 Å². The van der Waals surface area contributed by atoms with E-state index in [-0.39, 0.29) is 0 Å². The highest BCUT2D eigenvalue weighted by atomic mass is 32.2. The van der Waals surface area contributed by atoms with E-state index in [1.807, 2.05) is 0 Å². The van der Waals surface area contributed by atoms with E-state index in [4.69, 9.17) is 9.15 Å². The van der Waals surface area contributed by atoms with Crippen LogP contribution < -0.4 is 5.32 Å². The largest absolute Gasteiger partial charge is 0.416 e. The van der Waals surface area contributed by atoms with Gasteiger partial charge in [-0.1, -0.05) is 11.8 Å². The van der Waals surface area contributed by atoms with Gasteiger partial charge in [0.25, 0.3) is 5.22 Å². The Labute approximate surface area is 94.0 Å². The van der Waals surface area contributed by atoms with Gasteiger partial charge in [0.15, 0.2) is 0 Å². The van der Waals surface area contributed by atoms with E-state index >= 15 is 0 Å². The minimum Gasteiger partial charge on any atom is -0.416 e. The summed E-state index contributed by atoms with van der Waals surface area (Å²) in [5.74, 6) is 1.56. The lowest BCUT2D eigenvalue weighted by Gasteiger charge is -2.02. The molecule has 0 saturated carbocycles. The molecule has 15 heavy (non-hydrogen) atoms. The molecule has 1 heterocycles. The number of thioether (sulfide) groups is 1. The SMILES string of the molecule is COCCCNCCSc1nnc(C)o1. The molecule has 0 aliphatic rings. The van der Waals surface area contributed by atoms with Gasteiger partial charge in [-0.25, -0.2) is 0 Å². The Balaban J connectivity index is 1.93. The van der Waals surface area contributed by atoms with Crippen molar-refractivity contribution >= 4 is 11.8 Å². The lowest BCUT2D eigenvalue weighted by Crippen LogP contribution is -2.19. The third-order valence-corrected chi connectivity index (χ3v) is 2.53. The molecule has 6 heteroatoms. The fourth-order valence-corrected chi connectivity index (χ4v) is 1.71. The predicted molar refractivity (Wildman–Crippen MR) is 59.1 cm³/mol. The van der Waals surface area contributed by atoms with Gasteiger partial charge in [-0.3, -0.25) is 0 Å². The van der Waals surface area contributed by atoms with Gasteiger partial charge < -0.3 is 14.5 Å². The summed E-state index contributed by atoms with van der Waals surface area (Å²) >= 11 is 1.57. The van der Waals surface area contributed by atoms with Gasteiger partial charge in [0, 0.05) is 32.9 Å². The lowest BCUT2D eigenvalue weighted by atomic mass is 10.4. The minimum absolute atomic E-state index is 0.616. The summed E-state index contributed by atoms with van der Waals surface area (Å²) in [6.45, 7) is 4.52. The van der Waals surface area contributed by atoms with Crippen LogP contribution in [0.1, 0.15) is 12.3 Å². The van der Waals surface area contributed by atoms with Crippen LogP contribution in [0, 0.1) is 6.92 Å². The first kappa shape index (κ1) is 12.5. The molecule has 0 atom stereocenters. The second-order valence-electron chi connectivity index (χ2n) is 3.03. The van der Waals surface area contributed by atoms with E-state index in [0.29, 0.717) is 11.1 Å². The van der Waals surface area contributed by atoms with Crippen LogP contribution in [-0.2, 0) is 4.74 Å². The average molecular weight is 231 g/mol. The van der Waals surface area contributed by atoms with Gasteiger partial charge in [-0.05, 0) is 13.0 Å². The zero-order valence-electron chi connectivity index (χ0n) is 9.15. The normalized spacial score (nSPS) is 10.8. The van der Waals surface area contributed by atoms with Crippen molar-refractivity contribution in [1.29, 1.82) is 0 Å². The van der Waals surface area contributed by atoms with Crippen molar-refractivity contribution < 1.29 is 9.15 Å². The van der Waals surface area contributed by atoms with Crippen LogP contribution in [0.15, 0.2) is 9.64 Å². The van der Waals surface area contributed by atoms with Crippen molar-refractivity contribution in [3.05, 3.63) is 5.89 Å². The van der Waals surface area contributed by atoms with E-state index in [0.717, 1.165) is 31.9 Å². The first-order valence-corrected chi connectivity index (χ1v) is 5.94. The predicted octanol–water partition coefficient (Wildman–Crippen LogP) is 1.10. The molecule has 0 radical (unpaired) electrons. The maximum Gasteiger partial charge on any atom is 0.276 e. The molecule has 1 rings (SSSR count). The van der Waals surface area contributed by atoms with E-state index in [2.05, 4.69) is 15.5 Å². The summed E-state index contributed by atoms with van der Waals surface area (Å²) in [7, 11) is 1.72. The molecule has 0 bridgehead atoms. The minimum atomic E-state index is 0.616. The summed E-state index contributed by atoms with van der Waals surface area (Å²) < 4.78 is 10.2. The number of nitrogens with zero attached hydrogens (tertiary/aromatic N) is 2. The van der Waals surface area contributed by atoms with Crippen molar-refractivity contribution in [1.82, 2.24) is 15.5 Å². The number of ether oxygens (including phenoxy) is 1. The molecule has 0 unspecified atom stereocenters. The highest BCUT2D eigenvalue weighted by Gasteiger charge is 2.01. The number of methoxy groups -OCH3 is 1. The van der Waals surface area contributed by atoms with Crippen molar-refractivity contribution in [2.75, 3.05) is 32.6 Å². The Hall–Kier alpha value is -0.590. The maximum absolute atomic E-state index is 5.22. The molecule has 0 fully saturated rings. The van der Waals surface area contributed by atoms with Gasteiger partial charge >= 0.3 is 0 Å². The number of nitrogens with one attached hydrogen (secondary N) is 1. The Morgan fingerprint density at radius 3 is 2.93 bits per heavy atom. The Bertz CT molecular complexity index is 268. The molecule has 0 aliphatic heterocycles. The molecule has 0 aromatic carbocycles. The van der Waals surface area contributed by atoms with Gasteiger partial charge in [0.05, 0.1) is 0 Å². The number of aromatic nitrogens is 2. The standard InChI is InChI=1S/C9H17N3O2S/c1-8-11-12-9(14-8)15-7-5-10-4-3-6-13-2/h10H,3-7H2,1-2H3. The van der Waals surface area contributed by atoms with Gasteiger partial charge in [-0.2, -0.15) is 0 Å². The molecular formula is C9H17N3O2S. The third kappa shape index (κ3) is 5.76. The lowest BCUT2D eigenvalue weighted by molar-refractivity contribution is 0.194. The Kier molecular flexibility index (Phi) is 6.38. The van der Waals surface area contributed by atoms with Crippen LogP contribution in [0.5, 0.6) is 0 Å². The first-order valence-electron chi connectivity index (χ1n) is 4.95. The Morgan fingerprint density at radius 2 is 2.27 bits per heavy atom. The summed E-state index contributed by atoms with van der Waals surface area (Å²) in [6, 6.07) is 0. The smallest absolute Gasteiger partial charge is 0.276 e. The molecule has 86 valence electrons. The van der Waals surface area contributed by atoms with Crippen LogP contribution >= 0.6 is 11.8 Å². The fraction of sp³-hybridized carbons (Fsp3) is 0.778. The van der Waals surface area contributed by atoms with Crippen LogP contribution in [-0.4, -0.2) is 42.8 Å². The fourth-order valence-electron chi connectivity index (χ4n) is 1.01. The van der Waals surface area contributed by atoms with Crippen molar-refractivity contribution in [3.63, 3.8) is 0 Å². The van der Waals surface area contributed by atoms with E-state index < -0.39 is 0 Å². The van der Waals surface area contributed by atoms with Crippen molar-refractivity contribution in [2.45, 2.75) is 18.6 Å². The summed E-state index contributed by atoms with van der Waals surface area (Å²) in [5, 5.41) is 11.6. The molecule has 1 N–H and O–H groups in total. The van der Waals surface area contributed by atoms with E-state index in [1.54, 1.807) is 25.8 Å². The second kappa shape index (κ2) is 7.67. The van der Waals surface area contributed by atoms with Gasteiger partial charge in [-0.15, -0.1) is 10.2 Å². The molecule has 1 aromatic heterocycles. The zero-order valence-corrected chi connectivity index (χ0v) is 9.97. The number of rotatable bonds is 8. The quantitative estimate of drug-likeness (QED) is 0.534. The van der Waals surface area contributed by atoms with Gasteiger partial charge in [0.1, 0.15) is 0 Å².